The van der Waals surface area contributed by atoms with Gasteiger partial charge in [0.2, 0.25) is 0 Å². The van der Waals surface area contributed by atoms with Crippen molar-refractivity contribution in [3.63, 3.8) is 0 Å². The number of rotatable bonds is 2. The number of aliphatic hydroxyl groups is 1. The van der Waals surface area contributed by atoms with Crippen LogP contribution in [0.3, 0.4) is 0 Å². The molecule has 0 aliphatic carbocycles. The van der Waals surface area contributed by atoms with Crippen LogP contribution >= 0.6 is 15.9 Å². The first-order chi connectivity index (χ1) is 8.66. The number of halogens is 1. The molecule has 0 spiro atoms. The van der Waals surface area contributed by atoms with Crippen LogP contribution < -0.4 is 10.1 Å². The normalized spacial score (nSPS) is 21.4. The molecule has 98 valence electrons. The summed E-state index contributed by atoms with van der Waals surface area (Å²) in [5.41, 5.74) is 1.82. The Kier molecular flexibility index (Phi) is 3.34. The molecule has 2 N–H and O–H groups in total. The van der Waals surface area contributed by atoms with E-state index in [4.69, 9.17) is 4.74 Å². The van der Waals surface area contributed by atoms with Gasteiger partial charge in [-0.3, -0.25) is 0 Å². The lowest BCUT2D eigenvalue weighted by Crippen LogP contribution is -2.43. The van der Waals surface area contributed by atoms with E-state index in [1.165, 1.54) is 5.56 Å². The third-order valence-corrected chi connectivity index (χ3v) is 4.34. The summed E-state index contributed by atoms with van der Waals surface area (Å²) in [4.78, 5) is 0. The highest BCUT2D eigenvalue weighted by molar-refractivity contribution is 9.10. The third kappa shape index (κ3) is 2.42. The van der Waals surface area contributed by atoms with Crippen LogP contribution in [0.5, 0.6) is 5.75 Å². The van der Waals surface area contributed by atoms with Gasteiger partial charge in [0, 0.05) is 17.3 Å². The van der Waals surface area contributed by atoms with Gasteiger partial charge in [-0.1, -0.05) is 15.9 Å². The van der Waals surface area contributed by atoms with Crippen LogP contribution in [0.1, 0.15) is 24.0 Å². The lowest BCUT2D eigenvalue weighted by molar-refractivity contribution is 0.0104. The molecule has 3 nitrogen and oxygen atoms in total. The van der Waals surface area contributed by atoms with Crippen LogP contribution in [0.15, 0.2) is 16.6 Å². The maximum absolute atomic E-state index is 10.6. The number of piperidine rings is 1. The van der Waals surface area contributed by atoms with Crippen molar-refractivity contribution in [3.8, 4) is 5.75 Å². The van der Waals surface area contributed by atoms with Crippen LogP contribution in [0, 0.1) is 0 Å². The van der Waals surface area contributed by atoms with E-state index >= 15 is 0 Å². The Morgan fingerprint density at radius 1 is 1.33 bits per heavy atom. The first-order valence-electron chi connectivity index (χ1n) is 6.53. The summed E-state index contributed by atoms with van der Waals surface area (Å²) in [6.07, 6.45) is 3.29. The SMILES string of the molecule is OC1(Cc2cc(Br)cc3c2OCC3)CCNCC1. The summed E-state index contributed by atoms with van der Waals surface area (Å²) in [6, 6.07) is 4.21. The Bertz CT molecular complexity index is 455. The molecule has 0 amide bonds. The van der Waals surface area contributed by atoms with Crippen LogP contribution in [0.25, 0.3) is 0 Å². The minimum atomic E-state index is -0.578. The molecule has 1 saturated heterocycles. The molecule has 4 heteroatoms. The molecule has 1 aromatic rings. The van der Waals surface area contributed by atoms with E-state index in [1.54, 1.807) is 0 Å². The predicted octanol–water partition coefficient (Wildman–Crippen LogP) is 2.04. The van der Waals surface area contributed by atoms with Crippen LogP contribution in [-0.2, 0) is 12.8 Å². The zero-order valence-electron chi connectivity index (χ0n) is 10.3. The second-order valence-electron chi connectivity index (χ2n) is 5.30. The quantitative estimate of drug-likeness (QED) is 0.878. The average Bonchev–Trinajstić information content (AvgIpc) is 2.77. The molecule has 3 rings (SSSR count). The molecule has 0 bridgehead atoms. The number of fused-ring (bicyclic) bond motifs is 1. The van der Waals surface area contributed by atoms with E-state index in [0.29, 0.717) is 6.42 Å². The van der Waals surface area contributed by atoms with Gasteiger partial charge in [0.25, 0.3) is 0 Å². The van der Waals surface area contributed by atoms with Gasteiger partial charge in [-0.2, -0.15) is 0 Å². The van der Waals surface area contributed by atoms with E-state index in [0.717, 1.165) is 54.7 Å². The van der Waals surface area contributed by atoms with Gasteiger partial charge in [0.1, 0.15) is 5.75 Å². The summed E-state index contributed by atoms with van der Waals surface area (Å²) < 4.78 is 6.81. The number of hydrogen-bond donors (Lipinski definition) is 2. The van der Waals surface area contributed by atoms with E-state index in [-0.39, 0.29) is 0 Å². The molecule has 2 aliphatic heterocycles. The second kappa shape index (κ2) is 4.83. The van der Waals surface area contributed by atoms with Crippen molar-refractivity contribution in [3.05, 3.63) is 27.7 Å². The topological polar surface area (TPSA) is 41.5 Å². The first kappa shape index (κ1) is 12.5. The first-order valence-corrected chi connectivity index (χ1v) is 7.33. The maximum Gasteiger partial charge on any atom is 0.125 e. The standard InChI is InChI=1S/C14H18BrNO2/c15-12-7-10-1-6-18-13(10)11(8-12)9-14(17)2-4-16-5-3-14/h7-8,16-17H,1-6,9H2. The molecule has 0 unspecified atom stereocenters. The highest BCUT2D eigenvalue weighted by atomic mass is 79.9. The molecular formula is C14H18BrNO2. The Balaban J connectivity index is 1.88. The van der Waals surface area contributed by atoms with Crippen LogP contribution in [0.4, 0.5) is 0 Å². The summed E-state index contributed by atoms with van der Waals surface area (Å²) in [5, 5.41) is 13.9. The summed E-state index contributed by atoms with van der Waals surface area (Å²) in [7, 11) is 0. The van der Waals surface area contributed by atoms with Crippen molar-refractivity contribution in [1.82, 2.24) is 5.32 Å². The van der Waals surface area contributed by atoms with Crippen molar-refractivity contribution in [2.45, 2.75) is 31.3 Å². The maximum atomic E-state index is 10.6. The zero-order valence-corrected chi connectivity index (χ0v) is 11.9. The van der Waals surface area contributed by atoms with Gasteiger partial charge >= 0.3 is 0 Å². The van der Waals surface area contributed by atoms with Gasteiger partial charge in [-0.25, -0.2) is 0 Å². The molecule has 2 aliphatic rings. The molecule has 18 heavy (non-hydrogen) atoms. The molecular weight excluding hydrogens is 294 g/mol. The molecule has 1 aromatic carbocycles. The third-order valence-electron chi connectivity index (χ3n) is 3.88. The molecule has 0 atom stereocenters. The highest BCUT2D eigenvalue weighted by Crippen LogP contribution is 2.36. The Hall–Kier alpha value is -0.580. The average molecular weight is 312 g/mol. The molecule has 0 saturated carbocycles. The summed E-state index contributed by atoms with van der Waals surface area (Å²) >= 11 is 3.55. The van der Waals surface area contributed by atoms with E-state index < -0.39 is 5.60 Å². The monoisotopic (exact) mass is 311 g/mol. The second-order valence-corrected chi connectivity index (χ2v) is 6.22. The number of nitrogens with one attached hydrogen (secondary N) is 1. The lowest BCUT2D eigenvalue weighted by Gasteiger charge is -2.33. The van der Waals surface area contributed by atoms with Crippen LogP contribution in [-0.4, -0.2) is 30.4 Å². The predicted molar refractivity (Wildman–Crippen MR) is 74.1 cm³/mol. The Labute approximate surface area is 116 Å². The molecule has 1 fully saturated rings. The van der Waals surface area contributed by atoms with Crippen molar-refractivity contribution < 1.29 is 9.84 Å². The van der Waals surface area contributed by atoms with Gasteiger partial charge in [-0.05, 0) is 49.2 Å². The van der Waals surface area contributed by atoms with Crippen molar-refractivity contribution >= 4 is 15.9 Å². The summed E-state index contributed by atoms with van der Waals surface area (Å²) in [6.45, 7) is 2.56. The smallest absolute Gasteiger partial charge is 0.125 e. The van der Waals surface area contributed by atoms with Crippen molar-refractivity contribution in [1.29, 1.82) is 0 Å². The molecule has 2 heterocycles. The summed E-state index contributed by atoms with van der Waals surface area (Å²) in [5.74, 6) is 1.00. The number of ether oxygens (including phenoxy) is 1. The van der Waals surface area contributed by atoms with Crippen molar-refractivity contribution in [2.24, 2.45) is 0 Å². The van der Waals surface area contributed by atoms with Gasteiger partial charge in [-0.15, -0.1) is 0 Å². The van der Waals surface area contributed by atoms with Crippen LogP contribution in [0.2, 0.25) is 0 Å². The van der Waals surface area contributed by atoms with Gasteiger partial charge in [0.15, 0.2) is 0 Å². The highest BCUT2D eigenvalue weighted by Gasteiger charge is 2.31. The van der Waals surface area contributed by atoms with E-state index in [1.807, 2.05) is 0 Å². The van der Waals surface area contributed by atoms with E-state index in [9.17, 15) is 5.11 Å². The van der Waals surface area contributed by atoms with Crippen molar-refractivity contribution in [2.75, 3.05) is 19.7 Å². The largest absolute Gasteiger partial charge is 0.493 e. The minimum Gasteiger partial charge on any atom is -0.493 e. The van der Waals surface area contributed by atoms with Gasteiger partial charge in [0.05, 0.1) is 12.2 Å². The zero-order chi connectivity index (χ0) is 12.6. The fraction of sp³-hybridized carbons (Fsp3) is 0.571. The minimum absolute atomic E-state index is 0.578. The lowest BCUT2D eigenvalue weighted by atomic mass is 9.85. The number of hydrogen-bond acceptors (Lipinski definition) is 3. The molecule has 0 radical (unpaired) electrons. The fourth-order valence-electron chi connectivity index (χ4n) is 2.90. The van der Waals surface area contributed by atoms with E-state index in [2.05, 4.69) is 33.4 Å². The number of benzene rings is 1. The Morgan fingerprint density at radius 3 is 2.89 bits per heavy atom. The Morgan fingerprint density at radius 2 is 2.11 bits per heavy atom. The van der Waals surface area contributed by atoms with Gasteiger partial charge < -0.3 is 15.2 Å². The molecule has 0 aromatic heterocycles. The fourth-order valence-corrected chi connectivity index (χ4v) is 3.45.